The van der Waals surface area contributed by atoms with Crippen molar-refractivity contribution in [3.8, 4) is 5.75 Å². The Morgan fingerprint density at radius 1 is 1.12 bits per heavy atom. The fourth-order valence-corrected chi connectivity index (χ4v) is 4.11. The van der Waals surface area contributed by atoms with Crippen LogP contribution in [0.15, 0.2) is 46.9 Å². The van der Waals surface area contributed by atoms with Crippen molar-refractivity contribution in [3.63, 3.8) is 0 Å². The third-order valence-corrected chi connectivity index (χ3v) is 6.02. The third kappa shape index (κ3) is 7.88. The van der Waals surface area contributed by atoms with E-state index in [1.54, 1.807) is 4.90 Å². The summed E-state index contributed by atoms with van der Waals surface area (Å²) < 4.78 is 6.70. The molecule has 5 nitrogen and oxygen atoms in total. The summed E-state index contributed by atoms with van der Waals surface area (Å²) in [5.74, 6) is 0.227. The lowest BCUT2D eigenvalue weighted by Gasteiger charge is -2.31. The van der Waals surface area contributed by atoms with Gasteiger partial charge in [0.1, 0.15) is 11.8 Å². The molecule has 2 aromatic rings. The monoisotopic (exact) mass is 516 g/mol. The zero-order valence-corrected chi connectivity index (χ0v) is 22.5. The lowest BCUT2D eigenvalue weighted by molar-refractivity contribution is -0.143. The van der Waals surface area contributed by atoms with Crippen LogP contribution in [-0.4, -0.2) is 35.4 Å². The second kappa shape index (κ2) is 11.7. The second-order valence-electron chi connectivity index (χ2n) is 9.78. The minimum absolute atomic E-state index is 0.00370. The van der Waals surface area contributed by atoms with Crippen LogP contribution < -0.4 is 10.1 Å². The van der Waals surface area contributed by atoms with Gasteiger partial charge in [0.25, 0.3) is 5.91 Å². The largest absolute Gasteiger partial charge is 0.483 e. The molecule has 180 valence electrons. The van der Waals surface area contributed by atoms with E-state index in [4.69, 9.17) is 4.74 Å². The molecular weight excluding hydrogens is 480 g/mol. The zero-order valence-electron chi connectivity index (χ0n) is 20.9. The number of hydrogen-bond donors (Lipinski definition) is 1. The maximum Gasteiger partial charge on any atom is 0.261 e. The quantitative estimate of drug-likeness (QED) is 0.460. The molecule has 0 unspecified atom stereocenters. The maximum absolute atomic E-state index is 13.3. The van der Waals surface area contributed by atoms with Crippen LogP contribution in [0.3, 0.4) is 0 Å². The average Bonchev–Trinajstić information content (AvgIpc) is 2.71. The number of halogens is 1. The Morgan fingerprint density at radius 3 is 2.36 bits per heavy atom. The van der Waals surface area contributed by atoms with Crippen molar-refractivity contribution in [2.75, 3.05) is 6.61 Å². The van der Waals surface area contributed by atoms with Crippen LogP contribution >= 0.6 is 15.9 Å². The molecule has 0 spiro atoms. The molecule has 6 heteroatoms. The highest BCUT2D eigenvalue weighted by molar-refractivity contribution is 9.10. The van der Waals surface area contributed by atoms with Gasteiger partial charge in [-0.05, 0) is 71.8 Å². The lowest BCUT2D eigenvalue weighted by Crippen LogP contribution is -2.51. The molecule has 1 atom stereocenters. The predicted octanol–water partition coefficient (Wildman–Crippen LogP) is 5.77. The van der Waals surface area contributed by atoms with E-state index in [0.717, 1.165) is 15.6 Å². The summed E-state index contributed by atoms with van der Waals surface area (Å²) in [5, 5.41) is 2.95. The SMILES string of the molecule is CC[C@H](C(=O)NC(C)C)N(Cc1cccc(C)c1)C(=O)COc1ccc(C(C)(C)C)cc1Br. The number of ether oxygens (including phenoxy) is 1. The molecule has 2 amide bonds. The van der Waals surface area contributed by atoms with Crippen molar-refractivity contribution < 1.29 is 14.3 Å². The topological polar surface area (TPSA) is 58.6 Å². The Morgan fingerprint density at radius 2 is 1.82 bits per heavy atom. The van der Waals surface area contributed by atoms with E-state index < -0.39 is 6.04 Å². The van der Waals surface area contributed by atoms with Gasteiger partial charge in [0, 0.05) is 12.6 Å². The van der Waals surface area contributed by atoms with Gasteiger partial charge >= 0.3 is 0 Å². The van der Waals surface area contributed by atoms with E-state index in [-0.39, 0.29) is 29.9 Å². The highest BCUT2D eigenvalue weighted by Gasteiger charge is 2.29. The number of nitrogens with one attached hydrogen (secondary N) is 1. The van der Waals surface area contributed by atoms with Gasteiger partial charge in [0.2, 0.25) is 5.91 Å². The minimum atomic E-state index is -0.573. The van der Waals surface area contributed by atoms with Crippen molar-refractivity contribution >= 4 is 27.7 Å². The second-order valence-corrected chi connectivity index (χ2v) is 10.6. The zero-order chi connectivity index (χ0) is 24.8. The number of amides is 2. The molecule has 0 heterocycles. The molecule has 0 aliphatic carbocycles. The highest BCUT2D eigenvalue weighted by atomic mass is 79.9. The Labute approximate surface area is 207 Å². The number of aryl methyl sites for hydroxylation is 1. The van der Waals surface area contributed by atoms with Crippen LogP contribution in [0, 0.1) is 6.92 Å². The molecule has 0 bridgehead atoms. The van der Waals surface area contributed by atoms with Crippen molar-refractivity contribution in [2.45, 2.75) is 78.9 Å². The summed E-state index contributed by atoms with van der Waals surface area (Å²) in [4.78, 5) is 27.9. The summed E-state index contributed by atoms with van der Waals surface area (Å²) in [6.45, 7) is 14.4. The summed E-state index contributed by atoms with van der Waals surface area (Å²) in [7, 11) is 0. The average molecular weight is 518 g/mol. The molecular formula is C27H37BrN2O3. The number of hydrogen-bond acceptors (Lipinski definition) is 3. The third-order valence-electron chi connectivity index (χ3n) is 5.40. The number of nitrogens with zero attached hydrogens (tertiary/aromatic N) is 1. The number of carbonyl (C=O) groups is 2. The van der Waals surface area contributed by atoms with Gasteiger partial charge < -0.3 is 15.0 Å². The van der Waals surface area contributed by atoms with Crippen molar-refractivity contribution in [2.24, 2.45) is 0 Å². The maximum atomic E-state index is 13.3. The van der Waals surface area contributed by atoms with Crippen LogP contribution in [-0.2, 0) is 21.5 Å². The first kappa shape index (κ1) is 26.9. The van der Waals surface area contributed by atoms with Gasteiger partial charge in [-0.1, -0.05) is 63.6 Å². The molecule has 0 aromatic heterocycles. The van der Waals surface area contributed by atoms with Crippen LogP contribution in [0.25, 0.3) is 0 Å². The van der Waals surface area contributed by atoms with Crippen molar-refractivity contribution in [3.05, 3.63) is 63.6 Å². The summed E-state index contributed by atoms with van der Waals surface area (Å²) >= 11 is 3.57. The standard InChI is InChI=1S/C27H37BrN2O3/c1-8-23(26(32)29-18(2)3)30(16-20-11-9-10-19(4)14-20)25(31)17-33-24-13-12-21(15-22(24)28)27(5,6)7/h9-15,18,23H,8,16-17H2,1-7H3,(H,29,32)/t23-/m1/s1. The minimum Gasteiger partial charge on any atom is -0.483 e. The van der Waals surface area contributed by atoms with E-state index in [1.807, 2.05) is 70.2 Å². The van der Waals surface area contributed by atoms with Gasteiger partial charge in [-0.15, -0.1) is 0 Å². The number of benzene rings is 2. The van der Waals surface area contributed by atoms with Crippen LogP contribution in [0.1, 0.15) is 64.7 Å². The van der Waals surface area contributed by atoms with Gasteiger partial charge in [-0.3, -0.25) is 9.59 Å². The normalized spacial score (nSPS) is 12.4. The molecule has 0 aliphatic rings. The lowest BCUT2D eigenvalue weighted by atomic mass is 9.87. The van der Waals surface area contributed by atoms with Crippen LogP contribution in [0.4, 0.5) is 0 Å². The molecule has 33 heavy (non-hydrogen) atoms. The van der Waals surface area contributed by atoms with Crippen LogP contribution in [0.5, 0.6) is 5.75 Å². The van der Waals surface area contributed by atoms with E-state index in [0.29, 0.717) is 18.7 Å². The summed E-state index contributed by atoms with van der Waals surface area (Å²) in [6, 6.07) is 13.3. The first-order chi connectivity index (χ1) is 15.4. The Bertz CT molecular complexity index is 966. The predicted molar refractivity (Wildman–Crippen MR) is 137 cm³/mol. The smallest absolute Gasteiger partial charge is 0.261 e. The van der Waals surface area contributed by atoms with Gasteiger partial charge in [-0.2, -0.15) is 0 Å². The van der Waals surface area contributed by atoms with E-state index in [1.165, 1.54) is 5.56 Å². The first-order valence-electron chi connectivity index (χ1n) is 11.5. The molecule has 0 saturated carbocycles. The van der Waals surface area contributed by atoms with Crippen LogP contribution in [0.2, 0.25) is 0 Å². The highest BCUT2D eigenvalue weighted by Crippen LogP contribution is 2.31. The summed E-state index contributed by atoms with van der Waals surface area (Å²) in [5.41, 5.74) is 3.28. The van der Waals surface area contributed by atoms with E-state index in [9.17, 15) is 9.59 Å². The number of carbonyl (C=O) groups excluding carboxylic acids is 2. The molecule has 1 N–H and O–H groups in total. The summed E-state index contributed by atoms with van der Waals surface area (Å²) in [6.07, 6.45) is 0.514. The van der Waals surface area contributed by atoms with Gasteiger partial charge in [0.05, 0.1) is 4.47 Å². The van der Waals surface area contributed by atoms with Gasteiger partial charge in [-0.25, -0.2) is 0 Å². The Balaban J connectivity index is 2.24. The van der Waals surface area contributed by atoms with Crippen molar-refractivity contribution in [1.82, 2.24) is 10.2 Å². The van der Waals surface area contributed by atoms with E-state index >= 15 is 0 Å². The first-order valence-corrected chi connectivity index (χ1v) is 12.3. The molecule has 2 rings (SSSR count). The fourth-order valence-electron chi connectivity index (χ4n) is 3.61. The number of rotatable bonds is 9. The van der Waals surface area contributed by atoms with E-state index in [2.05, 4.69) is 42.0 Å². The molecule has 2 aromatic carbocycles. The molecule has 0 aliphatic heterocycles. The van der Waals surface area contributed by atoms with Gasteiger partial charge in [0.15, 0.2) is 6.61 Å². The fraction of sp³-hybridized carbons (Fsp3) is 0.481. The van der Waals surface area contributed by atoms with Crippen molar-refractivity contribution in [1.29, 1.82) is 0 Å². The molecule has 0 saturated heterocycles. The molecule has 0 radical (unpaired) electrons. The Kier molecular flexibility index (Phi) is 9.53. The molecule has 0 fully saturated rings. The Hall–Kier alpha value is -2.34.